The summed E-state index contributed by atoms with van der Waals surface area (Å²) in [5.41, 5.74) is 1.02. The lowest BCUT2D eigenvalue weighted by atomic mass is 9.86. The van der Waals surface area contributed by atoms with Gasteiger partial charge in [-0.15, -0.1) is 11.3 Å². The molecule has 0 bridgehead atoms. The summed E-state index contributed by atoms with van der Waals surface area (Å²) < 4.78 is 14.7. The Labute approximate surface area is 195 Å². The number of thiazole rings is 1. The first-order chi connectivity index (χ1) is 15.9. The van der Waals surface area contributed by atoms with Gasteiger partial charge >= 0.3 is 0 Å². The average molecular weight is 475 g/mol. The molecule has 0 unspecified atom stereocenters. The zero-order valence-electron chi connectivity index (χ0n) is 18.1. The molecular weight excluding hydrogens is 447 g/mol. The number of carbonyl (C=O) groups is 4. The van der Waals surface area contributed by atoms with Gasteiger partial charge in [-0.1, -0.05) is 36.8 Å². The molecule has 2 aromatic rings. The third-order valence-electron chi connectivity index (χ3n) is 5.53. The summed E-state index contributed by atoms with van der Waals surface area (Å²) in [5.74, 6) is -3.16. The molecule has 1 heterocycles. The maximum Gasteiger partial charge on any atom is 0.289 e. The lowest BCUT2D eigenvalue weighted by Crippen LogP contribution is -2.52. The number of rotatable bonds is 10. The van der Waals surface area contributed by atoms with E-state index in [9.17, 15) is 23.6 Å². The van der Waals surface area contributed by atoms with E-state index in [-0.39, 0.29) is 25.8 Å². The molecule has 3 rings (SSSR count). The molecule has 1 aromatic carbocycles. The standard InChI is InChI=1S/C23H27FN4O4S/c24-23(9-5-2-6-10-23)22(32)26-13-19(29)28-18(11-16-7-3-1-4-8-16)20(30)21(31)25-12-17-14-33-15-27-17/h1,3-4,7-8,14-15,18H,2,5-6,9-13H2,(H,25,31)(H,26,32)(H,28,29)/t18-/m1/s1. The minimum absolute atomic E-state index is 0.0920. The van der Waals surface area contributed by atoms with Crippen molar-refractivity contribution in [3.05, 3.63) is 52.5 Å². The second-order valence-corrected chi connectivity index (χ2v) is 8.76. The van der Waals surface area contributed by atoms with E-state index in [4.69, 9.17) is 0 Å². The van der Waals surface area contributed by atoms with Crippen LogP contribution in [-0.4, -0.2) is 46.7 Å². The van der Waals surface area contributed by atoms with Crippen LogP contribution >= 0.6 is 11.3 Å². The van der Waals surface area contributed by atoms with Gasteiger partial charge < -0.3 is 16.0 Å². The lowest BCUT2D eigenvalue weighted by Gasteiger charge is -2.28. The first-order valence-corrected chi connectivity index (χ1v) is 11.8. The summed E-state index contributed by atoms with van der Waals surface area (Å²) in [7, 11) is 0. The Kier molecular flexibility index (Phi) is 8.65. The molecule has 1 saturated carbocycles. The Morgan fingerprint density at radius 3 is 2.45 bits per heavy atom. The number of aromatic nitrogens is 1. The van der Waals surface area contributed by atoms with Gasteiger partial charge in [-0.2, -0.15) is 0 Å². The predicted molar refractivity (Wildman–Crippen MR) is 121 cm³/mol. The van der Waals surface area contributed by atoms with Crippen LogP contribution in [0.1, 0.15) is 43.4 Å². The van der Waals surface area contributed by atoms with E-state index in [0.717, 1.165) is 12.0 Å². The van der Waals surface area contributed by atoms with Crippen molar-refractivity contribution in [1.82, 2.24) is 20.9 Å². The van der Waals surface area contributed by atoms with Gasteiger partial charge in [-0.05, 0) is 31.2 Å². The number of ketones is 1. The fourth-order valence-electron chi connectivity index (χ4n) is 3.70. The molecule has 1 aliphatic carbocycles. The zero-order chi connectivity index (χ0) is 23.7. The predicted octanol–water partition coefficient (Wildman–Crippen LogP) is 1.84. The Morgan fingerprint density at radius 2 is 1.79 bits per heavy atom. The van der Waals surface area contributed by atoms with Crippen LogP contribution in [0.2, 0.25) is 0 Å². The molecule has 176 valence electrons. The second-order valence-electron chi connectivity index (χ2n) is 8.05. The Balaban J connectivity index is 1.59. The molecule has 3 amide bonds. The van der Waals surface area contributed by atoms with Gasteiger partial charge in [0.2, 0.25) is 11.7 Å². The average Bonchev–Trinajstić information content (AvgIpc) is 3.35. The van der Waals surface area contributed by atoms with Crippen molar-refractivity contribution in [3.63, 3.8) is 0 Å². The number of alkyl halides is 1. The second kappa shape index (κ2) is 11.6. The molecule has 33 heavy (non-hydrogen) atoms. The molecule has 0 aliphatic heterocycles. The van der Waals surface area contributed by atoms with Crippen LogP contribution in [0.3, 0.4) is 0 Å². The van der Waals surface area contributed by atoms with E-state index >= 15 is 0 Å². The van der Waals surface area contributed by atoms with Crippen molar-refractivity contribution >= 4 is 34.8 Å². The molecule has 1 atom stereocenters. The SMILES string of the molecule is O=C(CNC(=O)C1(F)CCCCC1)N[C@H](Cc1ccccc1)C(=O)C(=O)NCc1cscn1. The molecule has 8 nitrogen and oxygen atoms in total. The monoisotopic (exact) mass is 474 g/mol. The number of carbonyl (C=O) groups excluding carboxylic acids is 4. The van der Waals surface area contributed by atoms with E-state index in [1.807, 2.05) is 6.07 Å². The summed E-state index contributed by atoms with van der Waals surface area (Å²) in [5, 5.41) is 9.10. The van der Waals surface area contributed by atoms with Crippen molar-refractivity contribution in [3.8, 4) is 0 Å². The van der Waals surface area contributed by atoms with E-state index in [1.54, 1.807) is 35.2 Å². The van der Waals surface area contributed by atoms with Crippen LogP contribution in [0.5, 0.6) is 0 Å². The Morgan fingerprint density at radius 1 is 1.06 bits per heavy atom. The molecule has 0 radical (unpaired) electrons. The number of Topliss-reactive ketones (excluding diaryl/α,β-unsaturated/α-hetero) is 1. The highest BCUT2D eigenvalue weighted by atomic mass is 32.1. The number of nitrogens with one attached hydrogen (secondary N) is 3. The molecule has 0 saturated heterocycles. The lowest BCUT2D eigenvalue weighted by molar-refractivity contribution is -0.140. The summed E-state index contributed by atoms with van der Waals surface area (Å²) >= 11 is 1.37. The highest BCUT2D eigenvalue weighted by Gasteiger charge is 2.39. The molecule has 1 aliphatic rings. The summed E-state index contributed by atoms with van der Waals surface area (Å²) in [6.07, 6.45) is 2.49. The van der Waals surface area contributed by atoms with Gasteiger partial charge in [0.15, 0.2) is 5.67 Å². The van der Waals surface area contributed by atoms with Crippen molar-refractivity contribution in [2.75, 3.05) is 6.54 Å². The van der Waals surface area contributed by atoms with Crippen LogP contribution in [0.4, 0.5) is 4.39 Å². The smallest absolute Gasteiger partial charge is 0.289 e. The Bertz CT molecular complexity index is 962. The molecule has 10 heteroatoms. The molecule has 3 N–H and O–H groups in total. The maximum absolute atomic E-state index is 14.7. The fourth-order valence-corrected chi connectivity index (χ4v) is 4.26. The highest BCUT2D eigenvalue weighted by Crippen LogP contribution is 2.31. The van der Waals surface area contributed by atoms with Crippen LogP contribution in [0.25, 0.3) is 0 Å². The fraction of sp³-hybridized carbons (Fsp3) is 0.435. The van der Waals surface area contributed by atoms with Gasteiger partial charge in [0.25, 0.3) is 11.8 Å². The Hall–Kier alpha value is -3.14. The number of benzene rings is 1. The van der Waals surface area contributed by atoms with Crippen LogP contribution in [-0.2, 0) is 32.1 Å². The van der Waals surface area contributed by atoms with E-state index in [2.05, 4.69) is 20.9 Å². The van der Waals surface area contributed by atoms with Gasteiger partial charge in [0, 0.05) is 11.8 Å². The van der Waals surface area contributed by atoms with E-state index in [0.29, 0.717) is 18.5 Å². The quantitative estimate of drug-likeness (QED) is 0.455. The topological polar surface area (TPSA) is 117 Å². The third-order valence-corrected chi connectivity index (χ3v) is 6.17. The maximum atomic E-state index is 14.7. The van der Waals surface area contributed by atoms with Gasteiger partial charge in [-0.25, -0.2) is 9.37 Å². The highest BCUT2D eigenvalue weighted by molar-refractivity contribution is 7.07. The summed E-state index contributed by atoms with van der Waals surface area (Å²) in [4.78, 5) is 53.9. The number of nitrogens with zero attached hydrogens (tertiary/aromatic N) is 1. The van der Waals surface area contributed by atoms with Gasteiger partial charge in [-0.3, -0.25) is 19.2 Å². The van der Waals surface area contributed by atoms with Crippen LogP contribution in [0, 0.1) is 0 Å². The minimum atomic E-state index is -1.96. The van der Waals surface area contributed by atoms with Crippen molar-refractivity contribution in [2.45, 2.75) is 56.8 Å². The molecule has 1 fully saturated rings. The third kappa shape index (κ3) is 7.18. The largest absolute Gasteiger partial charge is 0.344 e. The number of halogens is 1. The van der Waals surface area contributed by atoms with Crippen molar-refractivity contribution in [1.29, 1.82) is 0 Å². The summed E-state index contributed by atoms with van der Waals surface area (Å²) in [6, 6.07) is 7.79. The number of hydrogen-bond acceptors (Lipinski definition) is 6. The first kappa shape index (κ1) is 24.5. The van der Waals surface area contributed by atoms with Crippen molar-refractivity contribution in [2.24, 2.45) is 0 Å². The zero-order valence-corrected chi connectivity index (χ0v) is 19.0. The van der Waals surface area contributed by atoms with Crippen LogP contribution in [0.15, 0.2) is 41.2 Å². The molecule has 0 spiro atoms. The van der Waals surface area contributed by atoms with Crippen molar-refractivity contribution < 1.29 is 23.6 Å². The normalized spacial score (nSPS) is 15.8. The molecule has 1 aromatic heterocycles. The van der Waals surface area contributed by atoms with E-state index < -0.39 is 41.8 Å². The van der Waals surface area contributed by atoms with Gasteiger partial charge in [0.1, 0.15) is 6.04 Å². The first-order valence-electron chi connectivity index (χ1n) is 10.9. The van der Waals surface area contributed by atoms with Gasteiger partial charge in [0.05, 0.1) is 24.3 Å². The molecular formula is C23H27FN4O4S. The van der Waals surface area contributed by atoms with E-state index in [1.165, 1.54) is 11.3 Å². The summed E-state index contributed by atoms with van der Waals surface area (Å²) in [6.45, 7) is -0.391. The van der Waals surface area contributed by atoms with Crippen LogP contribution < -0.4 is 16.0 Å². The number of amides is 3. The minimum Gasteiger partial charge on any atom is -0.344 e. The number of hydrogen-bond donors (Lipinski definition) is 3.